The molecule has 1 heterocycles. The van der Waals surface area contributed by atoms with Crippen LogP contribution in [0.15, 0.2) is 30.3 Å². The van der Waals surface area contributed by atoms with E-state index in [1.807, 2.05) is 30.3 Å². The van der Waals surface area contributed by atoms with Gasteiger partial charge in [0.25, 0.3) is 0 Å². The summed E-state index contributed by atoms with van der Waals surface area (Å²) >= 11 is 0. The number of hydrogen-bond acceptors (Lipinski definition) is 4. The number of hydrogen-bond donors (Lipinski definition) is 3. The van der Waals surface area contributed by atoms with E-state index in [4.69, 9.17) is 10.5 Å². The number of aliphatic hydroxyl groups excluding tert-OH is 1. The van der Waals surface area contributed by atoms with Crippen molar-refractivity contribution < 1.29 is 14.6 Å². The average molecular weight is 276 g/mol. The predicted molar refractivity (Wildman–Crippen MR) is 73.4 cm³/mol. The lowest BCUT2D eigenvalue weighted by molar-refractivity contribution is 0.178. The van der Waals surface area contributed by atoms with E-state index in [2.05, 4.69) is 10.4 Å². The number of methoxy groups -OCH3 is 1. The molecule has 0 bridgehead atoms. The van der Waals surface area contributed by atoms with Crippen LogP contribution in [-0.2, 0) is 18.0 Å². The van der Waals surface area contributed by atoms with Crippen LogP contribution in [-0.4, -0.2) is 28.0 Å². The molecule has 0 unspecified atom stereocenters. The van der Waals surface area contributed by atoms with E-state index in [0.717, 1.165) is 5.69 Å². The number of carbonyl (C=O) groups excluding carboxylic acids is 1. The summed E-state index contributed by atoms with van der Waals surface area (Å²) < 4.78 is 6.57. The van der Waals surface area contributed by atoms with Gasteiger partial charge in [-0.25, -0.2) is 9.48 Å². The number of anilines is 1. The SMILES string of the molecule is COCc1nn(-c2ccccc2)c(NC(N)=O)c1CO. The van der Waals surface area contributed by atoms with Crippen LogP contribution in [0.5, 0.6) is 0 Å². The maximum Gasteiger partial charge on any atom is 0.317 e. The molecule has 1 aromatic heterocycles. The molecular weight excluding hydrogens is 260 g/mol. The molecule has 0 aliphatic heterocycles. The van der Waals surface area contributed by atoms with Crippen LogP contribution in [0.1, 0.15) is 11.3 Å². The second-order valence-electron chi connectivity index (χ2n) is 4.10. The number of benzene rings is 1. The topological polar surface area (TPSA) is 102 Å². The maximum atomic E-state index is 11.1. The molecule has 0 saturated carbocycles. The van der Waals surface area contributed by atoms with Gasteiger partial charge < -0.3 is 15.6 Å². The number of nitrogens with one attached hydrogen (secondary N) is 1. The minimum atomic E-state index is -0.722. The first-order valence-corrected chi connectivity index (χ1v) is 5.99. The van der Waals surface area contributed by atoms with Crippen LogP contribution < -0.4 is 11.1 Å². The number of nitrogens with zero attached hydrogens (tertiary/aromatic N) is 2. The van der Waals surface area contributed by atoms with Crippen molar-refractivity contribution in [1.82, 2.24) is 9.78 Å². The molecule has 0 radical (unpaired) electrons. The Kier molecular flexibility index (Phi) is 4.34. The largest absolute Gasteiger partial charge is 0.391 e. The highest BCUT2D eigenvalue weighted by Gasteiger charge is 2.19. The Balaban J connectivity index is 2.56. The molecule has 2 amide bonds. The van der Waals surface area contributed by atoms with Crippen molar-refractivity contribution in [2.75, 3.05) is 12.4 Å². The van der Waals surface area contributed by atoms with Crippen LogP contribution in [0.25, 0.3) is 5.69 Å². The zero-order valence-corrected chi connectivity index (χ0v) is 11.0. The first kappa shape index (κ1) is 14.0. The molecule has 7 heteroatoms. The molecule has 106 valence electrons. The highest BCUT2D eigenvalue weighted by Crippen LogP contribution is 2.24. The average Bonchev–Trinajstić information content (AvgIpc) is 2.77. The Hall–Kier alpha value is -2.38. The Morgan fingerprint density at radius 3 is 2.70 bits per heavy atom. The number of rotatable bonds is 5. The smallest absolute Gasteiger partial charge is 0.317 e. The molecule has 2 rings (SSSR count). The Morgan fingerprint density at radius 2 is 2.15 bits per heavy atom. The van der Waals surface area contributed by atoms with Crippen molar-refractivity contribution >= 4 is 11.8 Å². The third kappa shape index (κ3) is 2.79. The van der Waals surface area contributed by atoms with E-state index >= 15 is 0 Å². The number of aromatic nitrogens is 2. The predicted octanol–water partition coefficient (Wildman–Crippen LogP) is 1.00. The lowest BCUT2D eigenvalue weighted by Crippen LogP contribution is -2.22. The molecule has 0 saturated heterocycles. The van der Waals surface area contributed by atoms with Crippen LogP contribution in [0, 0.1) is 0 Å². The second kappa shape index (κ2) is 6.18. The molecule has 1 aromatic carbocycles. The van der Waals surface area contributed by atoms with Gasteiger partial charge in [0.2, 0.25) is 0 Å². The summed E-state index contributed by atoms with van der Waals surface area (Å²) in [5.41, 5.74) is 6.94. The van der Waals surface area contributed by atoms with Gasteiger partial charge in [0.1, 0.15) is 5.82 Å². The summed E-state index contributed by atoms with van der Waals surface area (Å²) in [4.78, 5) is 11.1. The normalized spacial score (nSPS) is 10.5. The van der Waals surface area contributed by atoms with Crippen molar-refractivity contribution in [2.45, 2.75) is 13.2 Å². The molecule has 7 nitrogen and oxygen atoms in total. The summed E-state index contributed by atoms with van der Waals surface area (Å²) in [5.74, 6) is 0.346. The Bertz CT molecular complexity index is 595. The zero-order valence-electron chi connectivity index (χ0n) is 11.0. The number of primary amides is 1. The van der Waals surface area contributed by atoms with Crippen molar-refractivity contribution in [3.63, 3.8) is 0 Å². The van der Waals surface area contributed by atoms with Crippen LogP contribution in [0.4, 0.5) is 10.6 Å². The quantitative estimate of drug-likeness (QED) is 0.758. The third-order valence-electron chi connectivity index (χ3n) is 2.75. The summed E-state index contributed by atoms with van der Waals surface area (Å²) in [6.07, 6.45) is 0. The lowest BCUT2D eigenvalue weighted by Gasteiger charge is -2.08. The van der Waals surface area contributed by atoms with E-state index in [0.29, 0.717) is 17.1 Å². The standard InChI is InChI=1S/C13H16N4O3/c1-20-8-11-10(7-18)12(15-13(14)19)17(16-11)9-5-3-2-4-6-9/h2-6,18H,7-8H2,1H3,(H3,14,15,19). The molecule has 0 atom stereocenters. The summed E-state index contributed by atoms with van der Waals surface area (Å²) in [6.45, 7) is -0.0513. The fourth-order valence-corrected chi connectivity index (χ4v) is 1.92. The molecule has 0 spiro atoms. The maximum absolute atomic E-state index is 11.1. The lowest BCUT2D eigenvalue weighted by atomic mass is 10.2. The summed E-state index contributed by atoms with van der Waals surface area (Å²) in [7, 11) is 1.53. The van der Waals surface area contributed by atoms with Gasteiger partial charge in [-0.15, -0.1) is 0 Å². The number of amides is 2. The van der Waals surface area contributed by atoms with Gasteiger partial charge >= 0.3 is 6.03 Å². The van der Waals surface area contributed by atoms with Gasteiger partial charge in [-0.1, -0.05) is 18.2 Å². The minimum Gasteiger partial charge on any atom is -0.391 e. The molecule has 20 heavy (non-hydrogen) atoms. The Labute approximate surface area is 116 Å². The van der Waals surface area contributed by atoms with Crippen LogP contribution in [0.3, 0.4) is 0 Å². The minimum absolute atomic E-state index is 0.225. The monoisotopic (exact) mass is 276 g/mol. The van der Waals surface area contributed by atoms with Gasteiger partial charge in [-0.05, 0) is 12.1 Å². The van der Waals surface area contributed by atoms with E-state index in [1.54, 1.807) is 0 Å². The zero-order chi connectivity index (χ0) is 14.5. The molecule has 0 fully saturated rings. The molecule has 2 aromatic rings. The number of aliphatic hydroxyl groups is 1. The second-order valence-corrected chi connectivity index (χ2v) is 4.10. The van der Waals surface area contributed by atoms with Crippen molar-refractivity contribution in [2.24, 2.45) is 5.73 Å². The number of ether oxygens (including phenoxy) is 1. The first-order valence-electron chi connectivity index (χ1n) is 5.99. The fraction of sp³-hybridized carbons (Fsp3) is 0.231. The van der Waals surface area contributed by atoms with Crippen LogP contribution >= 0.6 is 0 Å². The van der Waals surface area contributed by atoms with Crippen LogP contribution in [0.2, 0.25) is 0 Å². The summed E-state index contributed by atoms with van der Waals surface area (Å²) in [5, 5.41) is 16.3. The number of urea groups is 1. The third-order valence-corrected chi connectivity index (χ3v) is 2.75. The fourth-order valence-electron chi connectivity index (χ4n) is 1.92. The first-order chi connectivity index (χ1) is 9.67. The number of nitrogens with two attached hydrogens (primary N) is 1. The van der Waals surface area contributed by atoms with E-state index < -0.39 is 6.03 Å². The van der Waals surface area contributed by atoms with Gasteiger partial charge in [-0.3, -0.25) is 5.32 Å². The molecule has 4 N–H and O–H groups in total. The highest BCUT2D eigenvalue weighted by atomic mass is 16.5. The number of para-hydroxylation sites is 1. The van der Waals surface area contributed by atoms with Gasteiger partial charge in [-0.2, -0.15) is 5.10 Å². The van der Waals surface area contributed by atoms with Crippen molar-refractivity contribution in [3.05, 3.63) is 41.6 Å². The Morgan fingerprint density at radius 1 is 1.45 bits per heavy atom. The van der Waals surface area contributed by atoms with Crippen molar-refractivity contribution in [1.29, 1.82) is 0 Å². The number of carbonyl (C=O) groups is 1. The highest BCUT2D eigenvalue weighted by molar-refractivity contribution is 5.88. The van der Waals surface area contributed by atoms with Gasteiger partial charge in [0, 0.05) is 12.7 Å². The van der Waals surface area contributed by atoms with E-state index in [-0.39, 0.29) is 13.2 Å². The van der Waals surface area contributed by atoms with E-state index in [1.165, 1.54) is 11.8 Å². The van der Waals surface area contributed by atoms with E-state index in [9.17, 15) is 9.90 Å². The molecule has 0 aliphatic carbocycles. The molecule has 0 aliphatic rings. The van der Waals surface area contributed by atoms with Gasteiger partial charge in [0.05, 0.1) is 24.6 Å². The van der Waals surface area contributed by atoms with Crippen molar-refractivity contribution in [3.8, 4) is 5.69 Å². The summed E-state index contributed by atoms with van der Waals surface area (Å²) in [6, 6.07) is 8.51. The molecular formula is C13H16N4O3. The van der Waals surface area contributed by atoms with Gasteiger partial charge in [0.15, 0.2) is 0 Å².